The van der Waals surface area contributed by atoms with Gasteiger partial charge in [-0.05, 0) is 24.6 Å². The summed E-state index contributed by atoms with van der Waals surface area (Å²) < 4.78 is 5.88. The number of nitriles is 1. The van der Waals surface area contributed by atoms with Crippen molar-refractivity contribution in [3.8, 4) is 11.8 Å². The second-order valence-electron chi connectivity index (χ2n) is 7.89. The van der Waals surface area contributed by atoms with Crippen LogP contribution in [0.1, 0.15) is 57.7 Å². The largest absolute Gasteiger partial charge is 0.501 e. The molecule has 0 fully saturated rings. The Bertz CT molecular complexity index is 1490. The zero-order chi connectivity index (χ0) is 25.1. The average molecular weight is 471 g/mol. The number of aryl methyl sites for hydroxylation is 1. The molecule has 11 nitrogen and oxygen atoms in total. The summed E-state index contributed by atoms with van der Waals surface area (Å²) in [7, 11) is 1.46. The van der Waals surface area contributed by atoms with Crippen molar-refractivity contribution in [2.24, 2.45) is 7.05 Å². The Hall–Kier alpha value is -4.85. The lowest BCUT2D eigenvalue weighted by Gasteiger charge is -2.26. The third-order valence-corrected chi connectivity index (χ3v) is 5.65. The molecule has 0 saturated carbocycles. The van der Waals surface area contributed by atoms with Gasteiger partial charge in [0.05, 0.1) is 23.5 Å². The SMILES string of the molecule is Cc1nccc([C@@H](c2ccccc2C#N)[C@@H](C)c2nc(C(=O)Nc3cnoc3)c(O)c(=O)n2C)n1. The predicted octanol–water partition coefficient (Wildman–Crippen LogP) is 2.63. The summed E-state index contributed by atoms with van der Waals surface area (Å²) in [5.41, 5.74) is 0.744. The van der Waals surface area contributed by atoms with Gasteiger partial charge in [0.2, 0.25) is 5.75 Å². The van der Waals surface area contributed by atoms with E-state index in [0.717, 1.165) is 0 Å². The number of benzene rings is 1. The van der Waals surface area contributed by atoms with E-state index in [2.05, 4.69) is 31.5 Å². The van der Waals surface area contributed by atoms with Gasteiger partial charge in [0, 0.05) is 25.1 Å². The second kappa shape index (κ2) is 9.56. The summed E-state index contributed by atoms with van der Waals surface area (Å²) in [4.78, 5) is 38.8. The molecule has 0 unspecified atom stereocenters. The lowest BCUT2D eigenvalue weighted by molar-refractivity contribution is 0.101. The maximum Gasteiger partial charge on any atom is 0.296 e. The van der Waals surface area contributed by atoms with E-state index in [1.165, 1.54) is 24.1 Å². The van der Waals surface area contributed by atoms with Crippen LogP contribution in [0.2, 0.25) is 0 Å². The van der Waals surface area contributed by atoms with E-state index in [1.807, 2.05) is 19.1 Å². The number of hydrogen-bond acceptors (Lipinski definition) is 9. The molecule has 176 valence electrons. The van der Waals surface area contributed by atoms with E-state index in [-0.39, 0.29) is 11.5 Å². The molecular formula is C24H21N7O4. The molecule has 3 aromatic heterocycles. The Labute approximate surface area is 199 Å². The average Bonchev–Trinajstić information content (AvgIpc) is 3.36. The van der Waals surface area contributed by atoms with Crippen molar-refractivity contribution >= 4 is 11.6 Å². The van der Waals surface area contributed by atoms with Crippen molar-refractivity contribution in [1.29, 1.82) is 5.26 Å². The maximum absolute atomic E-state index is 12.9. The topological polar surface area (TPSA) is 160 Å². The highest BCUT2D eigenvalue weighted by Gasteiger charge is 2.31. The van der Waals surface area contributed by atoms with E-state index in [4.69, 9.17) is 4.52 Å². The Balaban J connectivity index is 1.87. The minimum Gasteiger partial charge on any atom is -0.501 e. The van der Waals surface area contributed by atoms with E-state index < -0.39 is 34.7 Å². The number of aromatic nitrogens is 5. The van der Waals surface area contributed by atoms with Gasteiger partial charge < -0.3 is 14.9 Å². The molecule has 11 heteroatoms. The van der Waals surface area contributed by atoms with E-state index in [1.54, 1.807) is 31.3 Å². The van der Waals surface area contributed by atoms with Gasteiger partial charge in [-0.1, -0.05) is 30.3 Å². The lowest BCUT2D eigenvalue weighted by atomic mass is 9.81. The highest BCUT2D eigenvalue weighted by atomic mass is 16.5. The molecule has 0 bridgehead atoms. The quantitative estimate of drug-likeness (QED) is 0.431. The molecule has 0 saturated heterocycles. The van der Waals surface area contributed by atoms with Crippen molar-refractivity contribution in [2.75, 3.05) is 5.32 Å². The number of rotatable bonds is 6. The summed E-state index contributed by atoms with van der Waals surface area (Å²) in [6.07, 6.45) is 4.09. The first-order chi connectivity index (χ1) is 16.8. The van der Waals surface area contributed by atoms with Gasteiger partial charge in [-0.25, -0.2) is 15.0 Å². The number of carbonyl (C=O) groups excluding carboxylic acids is 1. The highest BCUT2D eigenvalue weighted by molar-refractivity contribution is 6.04. The summed E-state index contributed by atoms with van der Waals surface area (Å²) in [6, 6.07) is 11.0. The Kier molecular flexibility index (Phi) is 6.37. The third-order valence-electron chi connectivity index (χ3n) is 5.65. The van der Waals surface area contributed by atoms with Crippen molar-refractivity contribution in [3.05, 3.63) is 93.5 Å². The first-order valence-corrected chi connectivity index (χ1v) is 10.6. The summed E-state index contributed by atoms with van der Waals surface area (Å²) in [5.74, 6) is -1.89. The molecule has 0 aliphatic carbocycles. The Morgan fingerprint density at radius 1 is 1.26 bits per heavy atom. The van der Waals surface area contributed by atoms with Crippen LogP contribution < -0.4 is 10.9 Å². The van der Waals surface area contributed by atoms with Gasteiger partial charge in [0.15, 0.2) is 5.69 Å². The van der Waals surface area contributed by atoms with Gasteiger partial charge in [0.1, 0.15) is 23.6 Å². The van der Waals surface area contributed by atoms with Crippen LogP contribution in [0.5, 0.6) is 5.75 Å². The zero-order valence-electron chi connectivity index (χ0n) is 19.1. The molecule has 35 heavy (non-hydrogen) atoms. The molecule has 0 aliphatic heterocycles. The fourth-order valence-corrected chi connectivity index (χ4v) is 3.98. The van der Waals surface area contributed by atoms with Gasteiger partial charge >= 0.3 is 0 Å². The fraction of sp³-hybridized carbons (Fsp3) is 0.208. The van der Waals surface area contributed by atoms with Crippen LogP contribution in [0.15, 0.2) is 58.3 Å². The molecule has 1 aromatic carbocycles. The van der Waals surface area contributed by atoms with Crippen LogP contribution in [-0.2, 0) is 7.05 Å². The highest BCUT2D eigenvalue weighted by Crippen LogP contribution is 2.38. The molecule has 0 radical (unpaired) electrons. The Morgan fingerprint density at radius 2 is 2.03 bits per heavy atom. The van der Waals surface area contributed by atoms with Gasteiger partial charge in [0.25, 0.3) is 11.5 Å². The molecule has 0 aliphatic rings. The lowest BCUT2D eigenvalue weighted by Crippen LogP contribution is -2.29. The first-order valence-electron chi connectivity index (χ1n) is 10.6. The van der Waals surface area contributed by atoms with Crippen LogP contribution >= 0.6 is 0 Å². The second-order valence-corrected chi connectivity index (χ2v) is 7.89. The van der Waals surface area contributed by atoms with Crippen LogP contribution in [0.4, 0.5) is 5.69 Å². The predicted molar refractivity (Wildman–Crippen MR) is 124 cm³/mol. The smallest absolute Gasteiger partial charge is 0.296 e. The standard InChI is InChI=1S/C24H21N7O4/c1-13(19(18-8-9-26-14(2)28-18)17-7-5-4-6-15(17)10-25)22-30-20(21(32)24(34)31(22)3)23(33)29-16-11-27-35-12-16/h4-9,11-13,19,32H,1-3H3,(H,29,33)/t13-,19-/m1/s1. The molecular weight excluding hydrogens is 450 g/mol. The van der Waals surface area contributed by atoms with Crippen molar-refractivity contribution in [1.82, 2.24) is 24.7 Å². The van der Waals surface area contributed by atoms with Crippen LogP contribution in [0.3, 0.4) is 0 Å². The molecule has 0 spiro atoms. The van der Waals surface area contributed by atoms with Gasteiger partial charge in [-0.2, -0.15) is 5.26 Å². The molecule has 2 atom stereocenters. The number of nitrogens with zero attached hydrogens (tertiary/aromatic N) is 6. The number of carbonyl (C=O) groups is 1. The third kappa shape index (κ3) is 4.49. The van der Waals surface area contributed by atoms with Crippen LogP contribution in [-0.4, -0.2) is 35.7 Å². The Morgan fingerprint density at radius 3 is 2.71 bits per heavy atom. The van der Waals surface area contributed by atoms with E-state index in [9.17, 15) is 20.0 Å². The van der Waals surface area contributed by atoms with Gasteiger partial charge in [-0.3, -0.25) is 14.2 Å². The zero-order valence-corrected chi connectivity index (χ0v) is 19.1. The van der Waals surface area contributed by atoms with Crippen LogP contribution in [0, 0.1) is 18.3 Å². The molecule has 2 N–H and O–H groups in total. The number of aromatic hydroxyl groups is 1. The normalized spacial score (nSPS) is 12.5. The molecule has 1 amide bonds. The fourth-order valence-electron chi connectivity index (χ4n) is 3.98. The van der Waals surface area contributed by atoms with Gasteiger partial charge in [-0.15, -0.1) is 0 Å². The minimum absolute atomic E-state index is 0.220. The molecule has 4 rings (SSSR count). The maximum atomic E-state index is 12.9. The van der Waals surface area contributed by atoms with Crippen LogP contribution in [0.25, 0.3) is 0 Å². The molecule has 4 aromatic rings. The number of anilines is 1. The summed E-state index contributed by atoms with van der Waals surface area (Å²) in [5, 5.41) is 26.1. The number of nitrogens with one attached hydrogen (secondary N) is 1. The summed E-state index contributed by atoms with van der Waals surface area (Å²) in [6.45, 7) is 3.57. The van der Waals surface area contributed by atoms with Crippen molar-refractivity contribution in [3.63, 3.8) is 0 Å². The summed E-state index contributed by atoms with van der Waals surface area (Å²) >= 11 is 0. The first kappa shape index (κ1) is 23.3. The minimum atomic E-state index is -0.802. The van der Waals surface area contributed by atoms with Crippen molar-refractivity contribution in [2.45, 2.75) is 25.7 Å². The van der Waals surface area contributed by atoms with E-state index >= 15 is 0 Å². The van der Waals surface area contributed by atoms with E-state index in [0.29, 0.717) is 22.6 Å². The number of hydrogen-bond donors (Lipinski definition) is 2. The monoisotopic (exact) mass is 471 g/mol. The molecule has 3 heterocycles. The number of amides is 1. The van der Waals surface area contributed by atoms with Crippen molar-refractivity contribution < 1.29 is 14.4 Å².